The Morgan fingerprint density at radius 1 is 1.46 bits per heavy atom. The van der Waals surface area contributed by atoms with E-state index in [0.717, 1.165) is 19.4 Å². The lowest BCUT2D eigenvalue weighted by molar-refractivity contribution is 0.129. The Morgan fingerprint density at radius 2 is 2.15 bits per heavy atom. The lowest BCUT2D eigenvalue weighted by Crippen LogP contribution is -2.10. The van der Waals surface area contributed by atoms with E-state index in [1.807, 2.05) is 0 Å². The first kappa shape index (κ1) is 10.7. The molecule has 0 aromatic heterocycles. The maximum atomic E-state index is 9.73. The van der Waals surface area contributed by atoms with E-state index in [0.29, 0.717) is 11.8 Å². The van der Waals surface area contributed by atoms with Gasteiger partial charge in [0.05, 0.1) is 6.10 Å². The molecule has 1 saturated carbocycles. The highest BCUT2D eigenvalue weighted by Gasteiger charge is 2.31. The molecule has 0 saturated heterocycles. The van der Waals surface area contributed by atoms with Gasteiger partial charge < -0.3 is 9.84 Å². The molecule has 0 amide bonds. The zero-order chi connectivity index (χ0) is 9.84. The minimum absolute atomic E-state index is 0.157. The largest absolute Gasteiger partial charge is 0.393 e. The predicted molar refractivity (Wildman–Crippen MR) is 53.5 cm³/mol. The normalized spacial score (nSPS) is 33.4. The van der Waals surface area contributed by atoms with Crippen LogP contribution in [0.4, 0.5) is 0 Å². The van der Waals surface area contributed by atoms with Crippen molar-refractivity contribution in [3.05, 3.63) is 11.6 Å². The lowest BCUT2D eigenvalue weighted by atomic mass is 10.0. The molecule has 1 N–H and O–H groups in total. The Morgan fingerprint density at radius 3 is 2.69 bits per heavy atom. The third-order valence-electron chi connectivity index (χ3n) is 2.62. The van der Waals surface area contributed by atoms with Crippen LogP contribution in [0.3, 0.4) is 0 Å². The molecule has 0 heterocycles. The Kier molecular flexibility index (Phi) is 3.94. The maximum Gasteiger partial charge on any atom is 0.0606 e. The van der Waals surface area contributed by atoms with Crippen molar-refractivity contribution < 1.29 is 9.84 Å². The minimum Gasteiger partial charge on any atom is -0.393 e. The summed E-state index contributed by atoms with van der Waals surface area (Å²) in [5, 5.41) is 9.73. The van der Waals surface area contributed by atoms with Crippen molar-refractivity contribution in [3.8, 4) is 0 Å². The molecule has 2 nitrogen and oxygen atoms in total. The van der Waals surface area contributed by atoms with Crippen molar-refractivity contribution in [2.24, 2.45) is 11.8 Å². The minimum atomic E-state index is -0.157. The van der Waals surface area contributed by atoms with Gasteiger partial charge >= 0.3 is 0 Å². The molecule has 3 unspecified atom stereocenters. The number of aliphatic hydroxyl groups excluding tert-OH is 1. The average molecular weight is 184 g/mol. The zero-order valence-corrected chi connectivity index (χ0v) is 8.79. The quantitative estimate of drug-likeness (QED) is 0.680. The van der Waals surface area contributed by atoms with Crippen LogP contribution >= 0.6 is 0 Å². The molecule has 1 aliphatic rings. The van der Waals surface area contributed by atoms with Crippen molar-refractivity contribution in [3.63, 3.8) is 0 Å². The van der Waals surface area contributed by atoms with E-state index >= 15 is 0 Å². The summed E-state index contributed by atoms with van der Waals surface area (Å²) in [5.74, 6) is 0.894. The van der Waals surface area contributed by atoms with E-state index in [1.165, 1.54) is 5.57 Å². The van der Waals surface area contributed by atoms with E-state index in [4.69, 9.17) is 4.74 Å². The molecule has 0 radical (unpaired) electrons. The van der Waals surface area contributed by atoms with Gasteiger partial charge in [0.2, 0.25) is 0 Å². The second-order valence-corrected chi connectivity index (χ2v) is 4.27. The van der Waals surface area contributed by atoms with E-state index in [-0.39, 0.29) is 6.10 Å². The fourth-order valence-corrected chi connectivity index (χ4v) is 2.13. The van der Waals surface area contributed by atoms with Crippen molar-refractivity contribution in [1.29, 1.82) is 0 Å². The number of rotatable bonds is 3. The Balaban J connectivity index is 2.46. The number of allylic oxidation sites excluding steroid dienone is 1. The molecular formula is C11H20O2. The third kappa shape index (κ3) is 3.12. The monoisotopic (exact) mass is 184 g/mol. The van der Waals surface area contributed by atoms with Crippen LogP contribution < -0.4 is 0 Å². The lowest BCUT2D eigenvalue weighted by Gasteiger charge is -2.09. The summed E-state index contributed by atoms with van der Waals surface area (Å²) >= 11 is 0. The first-order valence-electron chi connectivity index (χ1n) is 4.95. The highest BCUT2D eigenvalue weighted by molar-refractivity contribution is 5.03. The molecule has 76 valence electrons. The van der Waals surface area contributed by atoms with Crippen LogP contribution in [-0.2, 0) is 4.74 Å². The highest BCUT2D eigenvalue weighted by Crippen LogP contribution is 2.32. The van der Waals surface area contributed by atoms with Gasteiger partial charge in [-0.05, 0) is 32.6 Å². The summed E-state index contributed by atoms with van der Waals surface area (Å²) in [6, 6.07) is 0. The van der Waals surface area contributed by atoms with Crippen molar-refractivity contribution >= 4 is 0 Å². The Hall–Kier alpha value is -0.340. The van der Waals surface area contributed by atoms with Gasteiger partial charge in [0, 0.05) is 19.6 Å². The molecule has 2 heteroatoms. The first-order valence-corrected chi connectivity index (χ1v) is 4.95. The molecule has 0 bridgehead atoms. The summed E-state index contributed by atoms with van der Waals surface area (Å²) in [6.45, 7) is 4.94. The van der Waals surface area contributed by atoms with Gasteiger partial charge in [-0.2, -0.15) is 0 Å². The highest BCUT2D eigenvalue weighted by atomic mass is 16.5. The number of ether oxygens (including phenoxy) is 1. The number of hydrogen-bond acceptors (Lipinski definition) is 2. The second kappa shape index (κ2) is 4.77. The first-order chi connectivity index (χ1) is 6.13. The van der Waals surface area contributed by atoms with E-state index < -0.39 is 0 Å². The van der Waals surface area contributed by atoms with Gasteiger partial charge in [0.1, 0.15) is 0 Å². The molecule has 3 atom stereocenters. The molecule has 0 aromatic carbocycles. The predicted octanol–water partition coefficient (Wildman–Crippen LogP) is 1.99. The van der Waals surface area contributed by atoms with Crippen molar-refractivity contribution in [1.82, 2.24) is 0 Å². The van der Waals surface area contributed by atoms with Crippen molar-refractivity contribution in [2.45, 2.75) is 32.8 Å². The van der Waals surface area contributed by atoms with Crippen LogP contribution in [0.5, 0.6) is 0 Å². The Labute approximate surface area is 80.6 Å². The van der Waals surface area contributed by atoms with Gasteiger partial charge in [-0.1, -0.05) is 11.6 Å². The third-order valence-corrected chi connectivity index (χ3v) is 2.62. The molecule has 0 aromatic rings. The van der Waals surface area contributed by atoms with Crippen LogP contribution in [-0.4, -0.2) is 24.9 Å². The van der Waals surface area contributed by atoms with Crippen molar-refractivity contribution in [2.75, 3.05) is 13.7 Å². The smallest absolute Gasteiger partial charge is 0.0606 e. The van der Waals surface area contributed by atoms with E-state index in [2.05, 4.69) is 19.9 Å². The van der Waals surface area contributed by atoms with Gasteiger partial charge in [-0.15, -0.1) is 0 Å². The molecule has 0 aliphatic heterocycles. The SMILES string of the molecule is COCC1CC(O)C(C=C(C)C)C1. The number of methoxy groups -OCH3 is 1. The van der Waals surface area contributed by atoms with Crippen LogP contribution in [0.15, 0.2) is 11.6 Å². The van der Waals surface area contributed by atoms with Gasteiger partial charge in [-0.3, -0.25) is 0 Å². The molecule has 1 fully saturated rings. The van der Waals surface area contributed by atoms with Gasteiger partial charge in [0.15, 0.2) is 0 Å². The zero-order valence-electron chi connectivity index (χ0n) is 8.79. The maximum absolute atomic E-state index is 9.73. The molecule has 1 aliphatic carbocycles. The number of aliphatic hydroxyl groups is 1. The summed E-state index contributed by atoms with van der Waals surface area (Å²) in [4.78, 5) is 0. The molecule has 0 spiro atoms. The fraction of sp³-hybridized carbons (Fsp3) is 0.818. The van der Waals surface area contributed by atoms with Gasteiger partial charge in [0.25, 0.3) is 0 Å². The van der Waals surface area contributed by atoms with Crippen LogP contribution in [0.2, 0.25) is 0 Å². The summed E-state index contributed by atoms with van der Waals surface area (Å²) in [7, 11) is 1.72. The van der Waals surface area contributed by atoms with E-state index in [1.54, 1.807) is 7.11 Å². The second-order valence-electron chi connectivity index (χ2n) is 4.27. The standard InChI is InChI=1S/C11H20O2/c1-8(2)4-10-5-9(7-13-3)6-11(10)12/h4,9-12H,5-7H2,1-3H3. The van der Waals surface area contributed by atoms with Crippen LogP contribution in [0.1, 0.15) is 26.7 Å². The topological polar surface area (TPSA) is 29.5 Å². The molecular weight excluding hydrogens is 164 g/mol. The summed E-state index contributed by atoms with van der Waals surface area (Å²) < 4.78 is 5.10. The summed E-state index contributed by atoms with van der Waals surface area (Å²) in [6.07, 6.45) is 3.98. The fourth-order valence-electron chi connectivity index (χ4n) is 2.13. The Bertz CT molecular complexity index is 183. The molecule has 13 heavy (non-hydrogen) atoms. The summed E-state index contributed by atoms with van der Waals surface area (Å²) in [5.41, 5.74) is 1.29. The van der Waals surface area contributed by atoms with Crippen LogP contribution in [0.25, 0.3) is 0 Å². The van der Waals surface area contributed by atoms with Gasteiger partial charge in [-0.25, -0.2) is 0 Å². The number of hydrogen-bond donors (Lipinski definition) is 1. The molecule has 1 rings (SSSR count). The average Bonchev–Trinajstić information content (AvgIpc) is 2.31. The van der Waals surface area contributed by atoms with Crippen LogP contribution in [0, 0.1) is 11.8 Å². The van der Waals surface area contributed by atoms with E-state index in [9.17, 15) is 5.11 Å².